The quantitative estimate of drug-likeness (QED) is 0.413. The number of aryl methyl sites for hydroxylation is 2. The summed E-state index contributed by atoms with van der Waals surface area (Å²) in [7, 11) is 1.73. The summed E-state index contributed by atoms with van der Waals surface area (Å²) >= 11 is 0. The molecule has 168 valence electrons. The molecule has 5 aromatic rings. The third kappa shape index (κ3) is 3.80. The summed E-state index contributed by atoms with van der Waals surface area (Å²) in [6.07, 6.45) is 1.78. The summed E-state index contributed by atoms with van der Waals surface area (Å²) in [5.41, 5.74) is 11.4. The Bertz CT molecular complexity index is 1570. The molecular formula is C29H25FN3O+. The van der Waals surface area contributed by atoms with E-state index in [-0.39, 0.29) is 11.4 Å². The van der Waals surface area contributed by atoms with Crippen LogP contribution in [-0.2, 0) is 13.6 Å². The van der Waals surface area contributed by atoms with Gasteiger partial charge in [0.25, 0.3) is 5.56 Å². The van der Waals surface area contributed by atoms with Gasteiger partial charge in [0.2, 0.25) is 0 Å². The van der Waals surface area contributed by atoms with Crippen molar-refractivity contribution >= 4 is 10.9 Å². The van der Waals surface area contributed by atoms with Crippen LogP contribution in [0.15, 0.2) is 89.9 Å². The first kappa shape index (κ1) is 21.7. The first-order chi connectivity index (χ1) is 16.5. The van der Waals surface area contributed by atoms with Crippen LogP contribution in [0.4, 0.5) is 4.39 Å². The zero-order valence-electron chi connectivity index (χ0n) is 19.2. The van der Waals surface area contributed by atoms with Crippen molar-refractivity contribution in [2.45, 2.75) is 13.5 Å². The Labute approximate surface area is 197 Å². The van der Waals surface area contributed by atoms with E-state index in [9.17, 15) is 9.18 Å². The number of hydrogen-bond acceptors (Lipinski definition) is 2. The van der Waals surface area contributed by atoms with E-state index in [1.807, 2.05) is 48.5 Å². The van der Waals surface area contributed by atoms with Gasteiger partial charge in [0.1, 0.15) is 5.82 Å². The molecule has 3 N–H and O–H groups in total. The Morgan fingerprint density at radius 2 is 1.59 bits per heavy atom. The zero-order valence-corrected chi connectivity index (χ0v) is 19.2. The summed E-state index contributed by atoms with van der Waals surface area (Å²) in [6.45, 7) is 2.45. The van der Waals surface area contributed by atoms with E-state index in [1.165, 1.54) is 6.07 Å². The first-order valence-electron chi connectivity index (χ1n) is 11.2. The van der Waals surface area contributed by atoms with Crippen LogP contribution < -0.4 is 11.3 Å². The molecule has 2 heterocycles. The topological polar surface area (TPSA) is 62.5 Å². The molecule has 2 aromatic heterocycles. The second-order valence-electron chi connectivity index (χ2n) is 8.52. The molecule has 0 amide bonds. The summed E-state index contributed by atoms with van der Waals surface area (Å²) in [4.78, 5) is 18.3. The first-order valence-corrected chi connectivity index (χ1v) is 11.2. The smallest absolute Gasteiger partial charge is 0.259 e. The van der Waals surface area contributed by atoms with Gasteiger partial charge >= 0.3 is 0 Å². The second-order valence-corrected chi connectivity index (χ2v) is 8.52. The molecule has 3 aromatic carbocycles. The zero-order chi connectivity index (χ0) is 23.8. The van der Waals surface area contributed by atoms with Crippen molar-refractivity contribution in [1.29, 1.82) is 0 Å². The fourth-order valence-electron chi connectivity index (χ4n) is 4.30. The van der Waals surface area contributed by atoms with Gasteiger partial charge in [-0.1, -0.05) is 60.7 Å². The van der Waals surface area contributed by atoms with Crippen LogP contribution in [0.5, 0.6) is 0 Å². The van der Waals surface area contributed by atoms with Crippen LogP contribution in [0.25, 0.3) is 44.4 Å². The lowest BCUT2D eigenvalue weighted by atomic mass is 9.95. The van der Waals surface area contributed by atoms with E-state index in [0.29, 0.717) is 23.0 Å². The Kier molecular flexibility index (Phi) is 5.56. The number of fused-ring (bicyclic) bond motifs is 1. The second kappa shape index (κ2) is 8.69. The number of halogens is 1. The molecule has 5 heteroatoms. The highest BCUT2D eigenvalue weighted by molar-refractivity contribution is 5.98. The third-order valence-electron chi connectivity index (χ3n) is 6.22. The number of nitrogens with zero attached hydrogens (tertiary/aromatic N) is 2. The van der Waals surface area contributed by atoms with Crippen molar-refractivity contribution < 1.29 is 10.1 Å². The summed E-state index contributed by atoms with van der Waals surface area (Å²) in [5, 5.41) is 0.527. The molecule has 0 spiro atoms. The standard InChI is InChI=1S/C29H24FN3O/c1-18-14-22(12-13-26(18)30)25-17-33(2)29(34)24-15-23(20-6-4-3-5-7-20)27(32-28(24)25)21-10-8-19(16-31)9-11-21/h3-15,17H,16,31H2,1-2H3/p+1. The maximum absolute atomic E-state index is 14.0. The predicted octanol–water partition coefficient (Wildman–Crippen LogP) is 5.12. The number of hydrogen-bond donors (Lipinski definition) is 1. The fourth-order valence-corrected chi connectivity index (χ4v) is 4.30. The minimum atomic E-state index is -0.261. The van der Waals surface area contributed by atoms with Crippen molar-refractivity contribution in [3.8, 4) is 33.5 Å². The van der Waals surface area contributed by atoms with Crippen molar-refractivity contribution in [1.82, 2.24) is 9.55 Å². The van der Waals surface area contributed by atoms with Gasteiger partial charge in [-0.15, -0.1) is 0 Å². The molecule has 0 bridgehead atoms. The Balaban J connectivity index is 1.87. The molecule has 5 rings (SSSR count). The Morgan fingerprint density at radius 1 is 0.882 bits per heavy atom. The maximum atomic E-state index is 14.0. The largest absolute Gasteiger partial charge is 0.354 e. The predicted molar refractivity (Wildman–Crippen MR) is 135 cm³/mol. The minimum absolute atomic E-state index is 0.124. The van der Waals surface area contributed by atoms with Crippen LogP contribution in [-0.4, -0.2) is 9.55 Å². The summed E-state index contributed by atoms with van der Waals surface area (Å²) in [5.74, 6) is -0.261. The highest BCUT2D eigenvalue weighted by Crippen LogP contribution is 2.36. The molecular weight excluding hydrogens is 425 g/mol. The highest BCUT2D eigenvalue weighted by Gasteiger charge is 2.17. The number of quaternary nitrogens is 1. The van der Waals surface area contributed by atoms with E-state index in [4.69, 9.17) is 4.98 Å². The van der Waals surface area contributed by atoms with E-state index in [0.717, 1.165) is 39.1 Å². The van der Waals surface area contributed by atoms with Crippen LogP contribution in [0.3, 0.4) is 0 Å². The third-order valence-corrected chi connectivity index (χ3v) is 6.22. The van der Waals surface area contributed by atoms with Gasteiger partial charge in [-0.2, -0.15) is 0 Å². The SMILES string of the molecule is Cc1cc(-c2cn(C)c(=O)c3cc(-c4ccccc4)c(-c4ccc(C[NH3+])cc4)nc23)ccc1F. The van der Waals surface area contributed by atoms with Crippen molar-refractivity contribution in [3.63, 3.8) is 0 Å². The molecule has 0 saturated heterocycles. The van der Waals surface area contributed by atoms with Crippen molar-refractivity contribution in [2.24, 2.45) is 7.05 Å². The lowest BCUT2D eigenvalue weighted by molar-refractivity contribution is -0.386. The van der Waals surface area contributed by atoms with E-state index >= 15 is 0 Å². The highest BCUT2D eigenvalue weighted by atomic mass is 19.1. The molecule has 0 unspecified atom stereocenters. The summed E-state index contributed by atoms with van der Waals surface area (Å²) < 4.78 is 15.5. The van der Waals surface area contributed by atoms with Crippen LogP contribution in [0.1, 0.15) is 11.1 Å². The van der Waals surface area contributed by atoms with E-state index < -0.39 is 0 Å². The Morgan fingerprint density at radius 3 is 2.26 bits per heavy atom. The average Bonchev–Trinajstić information content (AvgIpc) is 2.88. The van der Waals surface area contributed by atoms with Gasteiger partial charge in [-0.3, -0.25) is 4.79 Å². The van der Waals surface area contributed by atoms with Gasteiger partial charge in [0.05, 0.1) is 23.1 Å². The Hall–Kier alpha value is -4.09. The van der Waals surface area contributed by atoms with Gasteiger partial charge in [-0.05, 0) is 41.8 Å². The van der Waals surface area contributed by atoms with Gasteiger partial charge in [-0.25, -0.2) is 9.37 Å². The maximum Gasteiger partial charge on any atom is 0.259 e. The lowest BCUT2D eigenvalue weighted by Gasteiger charge is -2.15. The van der Waals surface area contributed by atoms with E-state index in [1.54, 1.807) is 36.9 Å². The number of aromatic nitrogens is 2. The average molecular weight is 451 g/mol. The molecule has 0 aliphatic rings. The summed E-state index contributed by atoms with van der Waals surface area (Å²) in [6, 6.07) is 25.1. The van der Waals surface area contributed by atoms with Gasteiger partial charge < -0.3 is 10.3 Å². The van der Waals surface area contributed by atoms with Crippen LogP contribution >= 0.6 is 0 Å². The molecule has 0 radical (unpaired) electrons. The molecule has 0 fully saturated rings. The number of benzene rings is 3. The van der Waals surface area contributed by atoms with E-state index in [2.05, 4.69) is 17.9 Å². The molecule has 0 atom stereocenters. The number of rotatable bonds is 4. The fraction of sp³-hybridized carbons (Fsp3) is 0.103. The molecule has 0 aliphatic heterocycles. The molecule has 0 aliphatic carbocycles. The lowest BCUT2D eigenvalue weighted by Crippen LogP contribution is -2.47. The van der Waals surface area contributed by atoms with Crippen LogP contribution in [0.2, 0.25) is 0 Å². The normalized spacial score (nSPS) is 11.2. The monoisotopic (exact) mass is 450 g/mol. The van der Waals surface area contributed by atoms with Crippen LogP contribution in [0, 0.1) is 12.7 Å². The molecule has 34 heavy (non-hydrogen) atoms. The van der Waals surface area contributed by atoms with Gasteiger partial charge in [0.15, 0.2) is 0 Å². The molecule has 4 nitrogen and oxygen atoms in total. The van der Waals surface area contributed by atoms with Crippen molar-refractivity contribution in [2.75, 3.05) is 0 Å². The van der Waals surface area contributed by atoms with Gasteiger partial charge in [0, 0.05) is 35.5 Å². The number of pyridine rings is 2. The van der Waals surface area contributed by atoms with Crippen molar-refractivity contribution in [3.05, 3.63) is 112 Å². The minimum Gasteiger partial charge on any atom is -0.354 e. The molecule has 0 saturated carbocycles.